The Morgan fingerprint density at radius 3 is 2.75 bits per heavy atom. The quantitative estimate of drug-likeness (QED) is 0.541. The van der Waals surface area contributed by atoms with Gasteiger partial charge in [-0.1, -0.05) is 18.2 Å². The van der Waals surface area contributed by atoms with E-state index in [1.807, 2.05) is 31.2 Å². The van der Waals surface area contributed by atoms with Crippen molar-refractivity contribution in [2.45, 2.75) is 20.0 Å². The number of hydrogen-bond acceptors (Lipinski definition) is 4. The monoisotopic (exact) mass is 386 g/mol. The summed E-state index contributed by atoms with van der Waals surface area (Å²) in [5.74, 6) is -0.816. The summed E-state index contributed by atoms with van der Waals surface area (Å²) in [6, 6.07) is 9.15. The van der Waals surface area contributed by atoms with E-state index in [0.717, 1.165) is 16.6 Å². The number of hydrogen-bond donors (Lipinski definition) is 1. The minimum absolute atomic E-state index is 0.235. The number of fused-ring (bicyclic) bond motifs is 1. The Bertz CT molecular complexity index is 933. The van der Waals surface area contributed by atoms with Crippen LogP contribution in [-0.2, 0) is 4.74 Å². The number of carbonyl (C=O) groups is 2. The second-order valence-electron chi connectivity index (χ2n) is 5.47. The molecule has 0 saturated heterocycles. The van der Waals surface area contributed by atoms with Gasteiger partial charge >= 0.3 is 5.97 Å². The zero-order chi connectivity index (χ0) is 17.3. The van der Waals surface area contributed by atoms with Crippen LogP contribution in [0.5, 0.6) is 0 Å². The minimum Gasteiger partial charge on any atom is -0.451 e. The fraction of sp³-hybridized carbons (Fsp3) is 0.167. The smallest absolute Gasteiger partial charge is 0.340 e. The summed E-state index contributed by atoms with van der Waals surface area (Å²) < 4.78 is 5.99. The number of ketones is 1. The maximum atomic E-state index is 12.8. The Labute approximate surface area is 147 Å². The first-order valence-electron chi connectivity index (χ1n) is 7.40. The molecule has 1 N–H and O–H groups in total. The number of para-hydroxylation sites is 1. The number of nitrogens with one attached hydrogen (secondary N) is 1. The fourth-order valence-corrected chi connectivity index (χ4v) is 2.97. The predicted octanol–water partition coefficient (Wildman–Crippen LogP) is 4.06. The van der Waals surface area contributed by atoms with Crippen LogP contribution in [0.2, 0.25) is 0 Å². The third kappa shape index (κ3) is 3.10. The molecule has 6 heteroatoms. The second kappa shape index (κ2) is 6.57. The highest BCUT2D eigenvalue weighted by Gasteiger charge is 2.25. The van der Waals surface area contributed by atoms with E-state index in [2.05, 4.69) is 25.9 Å². The van der Waals surface area contributed by atoms with Gasteiger partial charge in [0, 0.05) is 39.0 Å². The van der Waals surface area contributed by atoms with E-state index < -0.39 is 12.1 Å². The molecule has 24 heavy (non-hydrogen) atoms. The third-order valence-corrected chi connectivity index (χ3v) is 4.17. The Hall–Kier alpha value is -2.47. The molecule has 2 aromatic heterocycles. The first-order chi connectivity index (χ1) is 11.5. The van der Waals surface area contributed by atoms with Gasteiger partial charge < -0.3 is 9.72 Å². The number of halogens is 1. The molecule has 5 nitrogen and oxygen atoms in total. The molecule has 1 atom stereocenters. The lowest BCUT2D eigenvalue weighted by Gasteiger charge is -2.12. The topological polar surface area (TPSA) is 72.1 Å². The molecular formula is C18H15BrN2O3. The zero-order valence-corrected chi connectivity index (χ0v) is 14.8. The largest absolute Gasteiger partial charge is 0.451 e. The molecule has 0 aliphatic carbocycles. The van der Waals surface area contributed by atoms with Crippen LogP contribution in [0, 0.1) is 6.92 Å². The molecule has 3 rings (SSSR count). The van der Waals surface area contributed by atoms with Gasteiger partial charge in [0.2, 0.25) is 5.78 Å². The summed E-state index contributed by atoms with van der Waals surface area (Å²) in [4.78, 5) is 32.0. The normalized spacial score (nSPS) is 12.1. The molecule has 0 aliphatic heterocycles. The number of benzene rings is 1. The van der Waals surface area contributed by atoms with Gasteiger partial charge in [-0.25, -0.2) is 4.79 Å². The number of rotatable bonds is 4. The van der Waals surface area contributed by atoms with Gasteiger partial charge in [-0.2, -0.15) is 0 Å². The van der Waals surface area contributed by atoms with E-state index in [-0.39, 0.29) is 5.78 Å². The number of H-pyrrole nitrogens is 1. The van der Waals surface area contributed by atoms with Gasteiger partial charge in [0.05, 0.1) is 5.56 Å². The summed E-state index contributed by atoms with van der Waals surface area (Å²) in [7, 11) is 0. The van der Waals surface area contributed by atoms with Crippen LogP contribution in [0.3, 0.4) is 0 Å². The van der Waals surface area contributed by atoms with E-state index >= 15 is 0 Å². The summed E-state index contributed by atoms with van der Waals surface area (Å²) in [5, 5.41) is 0.826. The molecule has 2 heterocycles. The molecule has 1 aromatic carbocycles. The number of Topliss-reactive ketones (excluding diaryl/α,β-unsaturated/α-hetero) is 1. The van der Waals surface area contributed by atoms with Crippen LogP contribution in [0.15, 0.2) is 47.2 Å². The van der Waals surface area contributed by atoms with Crippen LogP contribution < -0.4 is 0 Å². The highest BCUT2D eigenvalue weighted by Crippen LogP contribution is 2.24. The number of aromatic amines is 1. The van der Waals surface area contributed by atoms with Crippen LogP contribution in [0.25, 0.3) is 10.9 Å². The molecule has 0 fully saturated rings. The second-order valence-corrected chi connectivity index (χ2v) is 6.39. The van der Waals surface area contributed by atoms with Crippen molar-refractivity contribution >= 4 is 38.6 Å². The van der Waals surface area contributed by atoms with Crippen LogP contribution in [-0.4, -0.2) is 27.8 Å². The van der Waals surface area contributed by atoms with Crippen LogP contribution in [0.4, 0.5) is 0 Å². The van der Waals surface area contributed by atoms with E-state index in [1.165, 1.54) is 6.20 Å². The number of aromatic nitrogens is 2. The van der Waals surface area contributed by atoms with E-state index in [1.54, 1.807) is 19.2 Å². The van der Waals surface area contributed by atoms with Crippen molar-refractivity contribution in [2.24, 2.45) is 0 Å². The molecule has 0 amide bonds. The minimum atomic E-state index is -0.894. The average Bonchev–Trinajstić information content (AvgIpc) is 2.89. The summed E-state index contributed by atoms with van der Waals surface area (Å²) in [5.41, 5.74) is 2.49. The molecule has 3 aromatic rings. The summed E-state index contributed by atoms with van der Waals surface area (Å²) >= 11 is 3.25. The van der Waals surface area contributed by atoms with Gasteiger partial charge in [-0.05, 0) is 41.9 Å². The lowest BCUT2D eigenvalue weighted by Crippen LogP contribution is -2.25. The number of esters is 1. The molecular weight excluding hydrogens is 372 g/mol. The number of ether oxygens (including phenoxy) is 1. The molecule has 0 aliphatic rings. The SMILES string of the molecule is Cc1[nH]c2ccccc2c1C(=O)[C@@H](C)OC(=O)c1cncc(Br)c1. The zero-order valence-electron chi connectivity index (χ0n) is 13.2. The molecule has 0 unspecified atom stereocenters. The molecule has 0 bridgehead atoms. The number of aryl methyl sites for hydroxylation is 1. The maximum absolute atomic E-state index is 12.8. The Morgan fingerprint density at radius 1 is 1.25 bits per heavy atom. The molecule has 122 valence electrons. The van der Waals surface area contributed by atoms with Gasteiger partial charge in [0.25, 0.3) is 0 Å². The molecule has 0 radical (unpaired) electrons. The highest BCUT2D eigenvalue weighted by molar-refractivity contribution is 9.10. The lowest BCUT2D eigenvalue weighted by atomic mass is 10.0. The Balaban J connectivity index is 1.84. The maximum Gasteiger partial charge on any atom is 0.340 e. The number of nitrogens with zero attached hydrogens (tertiary/aromatic N) is 1. The van der Waals surface area contributed by atoms with E-state index in [0.29, 0.717) is 15.6 Å². The van der Waals surface area contributed by atoms with Gasteiger partial charge in [0.15, 0.2) is 6.10 Å². The first-order valence-corrected chi connectivity index (χ1v) is 8.19. The third-order valence-electron chi connectivity index (χ3n) is 3.73. The van der Waals surface area contributed by atoms with Gasteiger partial charge in [-0.15, -0.1) is 0 Å². The first kappa shape index (κ1) is 16.4. The average molecular weight is 387 g/mol. The molecule has 0 saturated carbocycles. The summed E-state index contributed by atoms with van der Waals surface area (Å²) in [6.45, 7) is 3.41. The van der Waals surface area contributed by atoms with Crippen molar-refractivity contribution in [3.8, 4) is 0 Å². The van der Waals surface area contributed by atoms with Gasteiger partial charge in [0.1, 0.15) is 0 Å². The van der Waals surface area contributed by atoms with Crippen molar-refractivity contribution in [2.75, 3.05) is 0 Å². The van der Waals surface area contributed by atoms with Crippen molar-refractivity contribution in [1.29, 1.82) is 0 Å². The summed E-state index contributed by atoms with van der Waals surface area (Å²) in [6.07, 6.45) is 2.08. The predicted molar refractivity (Wildman–Crippen MR) is 94.2 cm³/mol. The standard InChI is InChI=1S/C18H15BrN2O3/c1-10-16(14-5-3-4-6-15(14)21-10)17(22)11(2)24-18(23)12-7-13(19)9-20-8-12/h3-9,11,21H,1-2H3/t11-/m1/s1. The van der Waals surface area contributed by atoms with E-state index in [9.17, 15) is 9.59 Å². The van der Waals surface area contributed by atoms with Crippen LogP contribution in [0.1, 0.15) is 33.3 Å². The Morgan fingerprint density at radius 2 is 2.00 bits per heavy atom. The van der Waals surface area contributed by atoms with Crippen molar-refractivity contribution in [1.82, 2.24) is 9.97 Å². The lowest BCUT2D eigenvalue weighted by molar-refractivity contribution is 0.0318. The van der Waals surface area contributed by atoms with Crippen molar-refractivity contribution in [3.05, 3.63) is 64.0 Å². The van der Waals surface area contributed by atoms with E-state index in [4.69, 9.17) is 4.74 Å². The fourth-order valence-electron chi connectivity index (χ4n) is 2.60. The van der Waals surface area contributed by atoms with Crippen LogP contribution >= 0.6 is 15.9 Å². The highest BCUT2D eigenvalue weighted by atomic mass is 79.9. The Kier molecular flexibility index (Phi) is 4.49. The van der Waals surface area contributed by atoms with Gasteiger partial charge in [-0.3, -0.25) is 9.78 Å². The number of pyridine rings is 1. The number of carbonyl (C=O) groups excluding carboxylic acids is 2. The van der Waals surface area contributed by atoms with Crippen molar-refractivity contribution < 1.29 is 14.3 Å². The van der Waals surface area contributed by atoms with Crippen molar-refractivity contribution in [3.63, 3.8) is 0 Å². The molecule has 0 spiro atoms.